The Labute approximate surface area is 83.1 Å². The van der Waals surface area contributed by atoms with Gasteiger partial charge in [-0.25, -0.2) is 0 Å². The number of nitrogens with one attached hydrogen (secondary N) is 2. The smallest absolute Gasteiger partial charge is 0.223 e. The van der Waals surface area contributed by atoms with E-state index in [2.05, 4.69) is 29.4 Å². The van der Waals surface area contributed by atoms with Crippen LogP contribution >= 0.6 is 0 Å². The summed E-state index contributed by atoms with van der Waals surface area (Å²) < 4.78 is 0. The van der Waals surface area contributed by atoms with Gasteiger partial charge >= 0.3 is 0 Å². The van der Waals surface area contributed by atoms with E-state index in [-0.39, 0.29) is 17.2 Å². The lowest BCUT2D eigenvalue weighted by Gasteiger charge is -2.04. The van der Waals surface area contributed by atoms with Crippen LogP contribution in [0.15, 0.2) is 12.4 Å². The van der Waals surface area contributed by atoms with Crippen LogP contribution in [0.1, 0.15) is 25.8 Å². The highest BCUT2D eigenvalue weighted by Crippen LogP contribution is 2.51. The van der Waals surface area contributed by atoms with E-state index in [0.29, 0.717) is 6.54 Å². The zero-order chi connectivity index (χ0) is 10.2. The number of carbonyl (C=O) groups excluding carboxylic acids is 1. The summed E-state index contributed by atoms with van der Waals surface area (Å²) in [5.41, 5.74) is 1.22. The standard InChI is InChI=1S/C10H15N3O/c1-10(2)3-8(10)9(14)11-4-7-5-12-13-6-7/h5-6,8H,3-4H2,1-2H3,(H,11,14)(H,12,13). The Bertz CT molecular complexity index is 329. The second-order valence-electron chi connectivity index (χ2n) is 4.57. The lowest BCUT2D eigenvalue weighted by atomic mass is 10.1. The second kappa shape index (κ2) is 3.12. The third kappa shape index (κ3) is 1.78. The number of amides is 1. The van der Waals surface area contributed by atoms with Gasteiger partial charge in [0.1, 0.15) is 0 Å². The molecule has 0 aromatic carbocycles. The number of H-pyrrole nitrogens is 1. The third-order valence-electron chi connectivity index (χ3n) is 2.85. The summed E-state index contributed by atoms with van der Waals surface area (Å²) in [5.74, 6) is 0.366. The van der Waals surface area contributed by atoms with Crippen LogP contribution in [0.4, 0.5) is 0 Å². The predicted octanol–water partition coefficient (Wildman–Crippen LogP) is 1.07. The number of aromatic amines is 1. The lowest BCUT2D eigenvalue weighted by molar-refractivity contribution is -0.123. The average Bonchev–Trinajstić information content (AvgIpc) is 2.61. The van der Waals surface area contributed by atoms with Crippen molar-refractivity contribution in [2.45, 2.75) is 26.8 Å². The van der Waals surface area contributed by atoms with E-state index < -0.39 is 0 Å². The van der Waals surface area contributed by atoms with Gasteiger partial charge in [0.05, 0.1) is 6.20 Å². The van der Waals surface area contributed by atoms with Gasteiger partial charge in [-0.1, -0.05) is 13.8 Å². The van der Waals surface area contributed by atoms with Gasteiger partial charge < -0.3 is 5.32 Å². The molecule has 2 rings (SSSR count). The molecule has 1 aromatic heterocycles. The molecule has 76 valence electrons. The van der Waals surface area contributed by atoms with E-state index in [0.717, 1.165) is 12.0 Å². The number of hydrogen-bond donors (Lipinski definition) is 2. The number of carbonyl (C=O) groups is 1. The molecule has 0 saturated heterocycles. The Morgan fingerprint density at radius 1 is 1.79 bits per heavy atom. The minimum atomic E-state index is 0.163. The number of hydrogen-bond acceptors (Lipinski definition) is 2. The van der Waals surface area contributed by atoms with E-state index in [1.165, 1.54) is 0 Å². The van der Waals surface area contributed by atoms with E-state index >= 15 is 0 Å². The Morgan fingerprint density at radius 3 is 3.00 bits per heavy atom. The van der Waals surface area contributed by atoms with E-state index in [1.54, 1.807) is 12.4 Å². The zero-order valence-electron chi connectivity index (χ0n) is 8.50. The fourth-order valence-electron chi connectivity index (χ4n) is 1.60. The molecule has 1 aromatic rings. The molecular formula is C10H15N3O. The van der Waals surface area contributed by atoms with Crippen LogP contribution in [0.25, 0.3) is 0 Å². The average molecular weight is 193 g/mol. The first-order chi connectivity index (χ1) is 6.59. The molecule has 1 fully saturated rings. The molecule has 2 N–H and O–H groups in total. The van der Waals surface area contributed by atoms with Crippen molar-refractivity contribution in [2.75, 3.05) is 0 Å². The van der Waals surface area contributed by atoms with E-state index in [9.17, 15) is 4.79 Å². The van der Waals surface area contributed by atoms with Crippen molar-refractivity contribution in [2.24, 2.45) is 11.3 Å². The maximum atomic E-state index is 11.6. The number of aromatic nitrogens is 2. The Morgan fingerprint density at radius 2 is 2.50 bits per heavy atom. The van der Waals surface area contributed by atoms with Crippen LogP contribution in [0.3, 0.4) is 0 Å². The lowest BCUT2D eigenvalue weighted by Crippen LogP contribution is -2.25. The summed E-state index contributed by atoms with van der Waals surface area (Å²) in [7, 11) is 0. The SMILES string of the molecule is CC1(C)CC1C(=O)NCc1cn[nH]c1. The normalized spacial score (nSPS) is 23.1. The highest BCUT2D eigenvalue weighted by molar-refractivity contribution is 5.82. The molecule has 1 saturated carbocycles. The van der Waals surface area contributed by atoms with Crippen LogP contribution in [-0.2, 0) is 11.3 Å². The first-order valence-corrected chi connectivity index (χ1v) is 4.85. The quantitative estimate of drug-likeness (QED) is 0.754. The highest BCUT2D eigenvalue weighted by atomic mass is 16.2. The van der Waals surface area contributed by atoms with Crippen molar-refractivity contribution in [1.29, 1.82) is 0 Å². The zero-order valence-corrected chi connectivity index (χ0v) is 8.50. The summed E-state index contributed by atoms with van der Waals surface area (Å²) >= 11 is 0. The van der Waals surface area contributed by atoms with Crippen molar-refractivity contribution >= 4 is 5.91 Å². The first-order valence-electron chi connectivity index (χ1n) is 4.85. The molecule has 14 heavy (non-hydrogen) atoms. The van der Waals surface area contributed by atoms with Gasteiger partial charge in [-0.05, 0) is 11.8 Å². The third-order valence-corrected chi connectivity index (χ3v) is 2.85. The van der Waals surface area contributed by atoms with Gasteiger partial charge in [0.15, 0.2) is 0 Å². The Hall–Kier alpha value is -1.32. The summed E-state index contributed by atoms with van der Waals surface area (Å²) in [4.78, 5) is 11.6. The van der Waals surface area contributed by atoms with Crippen LogP contribution in [0.2, 0.25) is 0 Å². The molecule has 0 radical (unpaired) electrons. The maximum Gasteiger partial charge on any atom is 0.223 e. The number of nitrogens with zero attached hydrogens (tertiary/aromatic N) is 1. The van der Waals surface area contributed by atoms with E-state index in [4.69, 9.17) is 0 Å². The summed E-state index contributed by atoms with van der Waals surface area (Å²) in [6.45, 7) is 4.81. The van der Waals surface area contributed by atoms with Crippen molar-refractivity contribution in [3.63, 3.8) is 0 Å². The molecule has 1 aliphatic rings. The highest BCUT2D eigenvalue weighted by Gasteiger charge is 2.50. The van der Waals surface area contributed by atoms with Crippen molar-refractivity contribution in [3.05, 3.63) is 18.0 Å². The van der Waals surface area contributed by atoms with Crippen molar-refractivity contribution in [1.82, 2.24) is 15.5 Å². The van der Waals surface area contributed by atoms with Crippen LogP contribution in [0, 0.1) is 11.3 Å². The maximum absolute atomic E-state index is 11.6. The molecule has 0 aliphatic heterocycles. The molecule has 4 nitrogen and oxygen atoms in total. The molecule has 1 unspecified atom stereocenters. The van der Waals surface area contributed by atoms with E-state index in [1.807, 2.05) is 0 Å². The summed E-state index contributed by atoms with van der Waals surface area (Å²) in [6, 6.07) is 0. The van der Waals surface area contributed by atoms with Crippen molar-refractivity contribution in [3.8, 4) is 0 Å². The fourth-order valence-corrected chi connectivity index (χ4v) is 1.60. The van der Waals surface area contributed by atoms with Crippen molar-refractivity contribution < 1.29 is 4.79 Å². The topological polar surface area (TPSA) is 57.8 Å². The summed E-state index contributed by atoms with van der Waals surface area (Å²) in [5, 5.41) is 9.43. The predicted molar refractivity (Wildman–Crippen MR) is 52.3 cm³/mol. The molecular weight excluding hydrogens is 178 g/mol. The molecule has 1 aliphatic carbocycles. The van der Waals surface area contributed by atoms with Crippen LogP contribution in [-0.4, -0.2) is 16.1 Å². The minimum absolute atomic E-state index is 0.163. The molecule has 4 heteroatoms. The minimum Gasteiger partial charge on any atom is -0.352 e. The summed E-state index contributed by atoms with van der Waals surface area (Å²) in [6.07, 6.45) is 4.51. The molecule has 0 spiro atoms. The largest absolute Gasteiger partial charge is 0.352 e. The van der Waals surface area contributed by atoms with Gasteiger partial charge in [-0.15, -0.1) is 0 Å². The van der Waals surface area contributed by atoms with Crippen LogP contribution < -0.4 is 5.32 Å². The first kappa shape index (κ1) is 9.24. The monoisotopic (exact) mass is 193 g/mol. The fraction of sp³-hybridized carbons (Fsp3) is 0.600. The molecule has 1 atom stereocenters. The van der Waals surface area contributed by atoms with Gasteiger partial charge in [0.25, 0.3) is 0 Å². The van der Waals surface area contributed by atoms with Gasteiger partial charge in [-0.3, -0.25) is 9.89 Å². The van der Waals surface area contributed by atoms with Gasteiger partial charge in [-0.2, -0.15) is 5.10 Å². The molecule has 1 heterocycles. The molecule has 1 amide bonds. The van der Waals surface area contributed by atoms with Crippen LogP contribution in [0.5, 0.6) is 0 Å². The Kier molecular flexibility index (Phi) is 2.06. The Balaban J connectivity index is 1.80. The number of rotatable bonds is 3. The second-order valence-corrected chi connectivity index (χ2v) is 4.57. The van der Waals surface area contributed by atoms with Gasteiger partial charge in [0.2, 0.25) is 5.91 Å². The molecule has 0 bridgehead atoms. The van der Waals surface area contributed by atoms with Gasteiger partial charge in [0, 0.05) is 24.2 Å².